The number of aliphatic hydroxyl groups is 1. The molecule has 2 N–H and O–H groups in total. The van der Waals surface area contributed by atoms with E-state index in [0.717, 1.165) is 31.2 Å². The van der Waals surface area contributed by atoms with Gasteiger partial charge in [-0.25, -0.2) is 0 Å². The molecule has 2 aromatic rings. The minimum absolute atomic E-state index is 0.0290. The highest BCUT2D eigenvalue weighted by Crippen LogP contribution is 2.45. The molecule has 4 rings (SSSR count). The average Bonchev–Trinajstić information content (AvgIpc) is 3.44. The molecule has 2 fully saturated rings. The molecule has 2 aromatic carbocycles. The van der Waals surface area contributed by atoms with Gasteiger partial charge in [0.1, 0.15) is 11.5 Å². The van der Waals surface area contributed by atoms with Crippen LogP contribution in [0.1, 0.15) is 68.2 Å². The van der Waals surface area contributed by atoms with E-state index in [1.54, 1.807) is 42.3 Å². The van der Waals surface area contributed by atoms with Crippen LogP contribution < -0.4 is 9.47 Å². The zero-order chi connectivity index (χ0) is 24.6. The number of methoxy groups -OCH3 is 2. The maximum Gasteiger partial charge on any atom is 0.295 e. The second-order valence-corrected chi connectivity index (χ2v) is 9.19. The van der Waals surface area contributed by atoms with E-state index in [4.69, 9.17) is 9.47 Å². The number of hydrogen-bond donors (Lipinski definition) is 2. The van der Waals surface area contributed by atoms with Gasteiger partial charge in [-0.3, -0.25) is 9.59 Å². The maximum absolute atomic E-state index is 13.3. The first-order valence-corrected chi connectivity index (χ1v) is 11.6. The Morgan fingerprint density at radius 1 is 1.00 bits per heavy atom. The molecule has 180 valence electrons. The normalized spacial score (nSPS) is 20.4. The summed E-state index contributed by atoms with van der Waals surface area (Å²) in [5.41, 5.74) is 1.90. The molecular formula is C27H31NO6. The molecule has 0 radical (unpaired) electrons. The number of Topliss-reactive ketones (excluding diaryl/α,β-unsaturated/α-hetero) is 1. The number of hydrogen-bond acceptors (Lipinski definition) is 6. The summed E-state index contributed by atoms with van der Waals surface area (Å²) < 4.78 is 10.6. The van der Waals surface area contributed by atoms with Crippen LogP contribution in [0.4, 0.5) is 0 Å². The van der Waals surface area contributed by atoms with Crippen LogP contribution >= 0.6 is 0 Å². The summed E-state index contributed by atoms with van der Waals surface area (Å²) in [6, 6.07) is 9.16. The fraction of sp³-hybridized carbons (Fsp3) is 0.407. The molecular weight excluding hydrogens is 434 g/mol. The minimum atomic E-state index is -0.801. The van der Waals surface area contributed by atoms with Gasteiger partial charge in [-0.15, -0.1) is 0 Å². The van der Waals surface area contributed by atoms with E-state index < -0.39 is 17.7 Å². The van der Waals surface area contributed by atoms with Crippen LogP contribution in [0.3, 0.4) is 0 Å². The fourth-order valence-corrected chi connectivity index (χ4v) is 5.10. The Morgan fingerprint density at radius 2 is 1.65 bits per heavy atom. The van der Waals surface area contributed by atoms with Crippen molar-refractivity contribution < 1.29 is 29.3 Å². The molecule has 1 amide bonds. The number of phenols is 1. The minimum Gasteiger partial charge on any atom is -0.507 e. The lowest BCUT2D eigenvalue weighted by Crippen LogP contribution is -2.37. The van der Waals surface area contributed by atoms with E-state index in [1.165, 1.54) is 13.2 Å². The number of ether oxygens (including phenoxy) is 2. The Morgan fingerprint density at radius 3 is 2.24 bits per heavy atom. The monoisotopic (exact) mass is 465 g/mol. The predicted octanol–water partition coefficient (Wildman–Crippen LogP) is 4.90. The van der Waals surface area contributed by atoms with Crippen molar-refractivity contribution in [2.75, 3.05) is 14.2 Å². The van der Waals surface area contributed by atoms with Crippen molar-refractivity contribution in [1.82, 2.24) is 4.90 Å². The number of rotatable bonds is 6. The number of carbonyl (C=O) groups is 2. The summed E-state index contributed by atoms with van der Waals surface area (Å²) in [6.07, 6.45) is 3.55. The van der Waals surface area contributed by atoms with E-state index in [1.807, 2.05) is 13.8 Å². The van der Waals surface area contributed by atoms with Gasteiger partial charge >= 0.3 is 0 Å². The third-order valence-electron chi connectivity index (χ3n) is 6.84. The van der Waals surface area contributed by atoms with Gasteiger partial charge in [-0.2, -0.15) is 0 Å². The summed E-state index contributed by atoms with van der Waals surface area (Å²) >= 11 is 0. The third-order valence-corrected chi connectivity index (χ3v) is 6.84. The molecule has 1 atom stereocenters. The Kier molecular flexibility index (Phi) is 6.55. The lowest BCUT2D eigenvalue weighted by Gasteiger charge is -2.31. The molecule has 7 heteroatoms. The molecule has 2 aliphatic rings. The Bertz CT molecular complexity index is 1150. The zero-order valence-corrected chi connectivity index (χ0v) is 20.0. The zero-order valence-electron chi connectivity index (χ0n) is 20.0. The third kappa shape index (κ3) is 4.00. The van der Waals surface area contributed by atoms with Crippen LogP contribution in [0, 0.1) is 0 Å². The summed E-state index contributed by atoms with van der Waals surface area (Å²) in [6.45, 7) is 4.03. The summed E-state index contributed by atoms with van der Waals surface area (Å²) in [7, 11) is 3.04. The van der Waals surface area contributed by atoms with Crippen LogP contribution in [-0.2, 0) is 9.59 Å². The highest BCUT2D eigenvalue weighted by Gasteiger charge is 2.49. The van der Waals surface area contributed by atoms with Gasteiger partial charge in [0.15, 0.2) is 11.5 Å². The van der Waals surface area contributed by atoms with Crippen LogP contribution in [0.2, 0.25) is 0 Å². The van der Waals surface area contributed by atoms with Gasteiger partial charge in [0.25, 0.3) is 11.7 Å². The van der Waals surface area contributed by atoms with Crippen molar-refractivity contribution in [3.05, 3.63) is 58.7 Å². The van der Waals surface area contributed by atoms with Crippen molar-refractivity contribution in [3.8, 4) is 17.2 Å². The SMILES string of the molecule is COc1ccc(C2/C(=C(/O)c3ccc(OC)c(C(C)C)c3)C(=O)C(=O)N2C2CCCC2)cc1O. The highest BCUT2D eigenvalue weighted by molar-refractivity contribution is 6.46. The number of aliphatic hydroxyl groups excluding tert-OH is 1. The summed E-state index contributed by atoms with van der Waals surface area (Å²) in [5, 5.41) is 21.8. The lowest BCUT2D eigenvalue weighted by molar-refractivity contribution is -0.141. The molecule has 1 saturated carbocycles. The molecule has 0 bridgehead atoms. The van der Waals surface area contributed by atoms with E-state index >= 15 is 0 Å². The maximum atomic E-state index is 13.3. The van der Waals surface area contributed by atoms with Crippen molar-refractivity contribution >= 4 is 17.4 Å². The standard InChI is InChI=1S/C27H31NO6/c1-15(2)19-13-17(10-11-21(19)33-3)25(30)23-24(16-9-12-22(34-4)20(29)14-16)28(27(32)26(23)31)18-7-5-6-8-18/h9-15,18,24,29-30H,5-8H2,1-4H3/b25-23-. The van der Waals surface area contributed by atoms with E-state index in [9.17, 15) is 19.8 Å². The number of aromatic hydroxyl groups is 1. The quantitative estimate of drug-likeness (QED) is 0.358. The summed E-state index contributed by atoms with van der Waals surface area (Å²) in [5.74, 6) is -0.559. The molecule has 7 nitrogen and oxygen atoms in total. The van der Waals surface area contributed by atoms with Gasteiger partial charge in [0.05, 0.1) is 25.8 Å². The fourth-order valence-electron chi connectivity index (χ4n) is 5.10. The average molecular weight is 466 g/mol. The second kappa shape index (κ2) is 9.41. The van der Waals surface area contributed by atoms with Crippen LogP contribution in [0.15, 0.2) is 42.0 Å². The molecule has 1 aliphatic carbocycles. The van der Waals surface area contributed by atoms with Gasteiger partial charge in [0.2, 0.25) is 0 Å². The number of carbonyl (C=O) groups excluding carboxylic acids is 2. The molecule has 34 heavy (non-hydrogen) atoms. The van der Waals surface area contributed by atoms with Gasteiger partial charge in [-0.1, -0.05) is 32.8 Å². The first-order valence-electron chi connectivity index (χ1n) is 11.6. The molecule has 1 aliphatic heterocycles. The lowest BCUT2D eigenvalue weighted by atomic mass is 9.92. The number of ketones is 1. The number of likely N-dealkylation sites (tertiary alicyclic amines) is 1. The Labute approximate surface area is 199 Å². The first kappa shape index (κ1) is 23.7. The van der Waals surface area contributed by atoms with Gasteiger partial charge in [-0.05, 0) is 60.2 Å². The van der Waals surface area contributed by atoms with Crippen LogP contribution in [0.25, 0.3) is 5.76 Å². The molecule has 0 aromatic heterocycles. The van der Waals surface area contributed by atoms with E-state index in [2.05, 4.69) is 0 Å². The number of nitrogens with zero attached hydrogens (tertiary/aromatic N) is 1. The molecule has 0 spiro atoms. The van der Waals surface area contributed by atoms with Crippen LogP contribution in [-0.4, -0.2) is 47.1 Å². The summed E-state index contributed by atoms with van der Waals surface area (Å²) in [4.78, 5) is 28.1. The van der Waals surface area contributed by atoms with Crippen molar-refractivity contribution in [2.45, 2.75) is 57.5 Å². The number of amides is 1. The topological polar surface area (TPSA) is 96.3 Å². The van der Waals surface area contributed by atoms with E-state index in [-0.39, 0.29) is 29.0 Å². The Balaban J connectivity index is 1.90. The highest BCUT2D eigenvalue weighted by atomic mass is 16.5. The van der Waals surface area contributed by atoms with Gasteiger partial charge < -0.3 is 24.6 Å². The van der Waals surface area contributed by atoms with Gasteiger partial charge in [0, 0.05) is 11.6 Å². The Hall–Kier alpha value is -3.48. The largest absolute Gasteiger partial charge is 0.507 e. The van der Waals surface area contributed by atoms with Crippen LogP contribution in [0.5, 0.6) is 17.2 Å². The van der Waals surface area contributed by atoms with Crippen molar-refractivity contribution in [1.29, 1.82) is 0 Å². The number of phenolic OH excluding ortho intramolecular Hbond substituents is 1. The first-order chi connectivity index (χ1) is 16.3. The predicted molar refractivity (Wildman–Crippen MR) is 128 cm³/mol. The molecule has 1 unspecified atom stereocenters. The van der Waals surface area contributed by atoms with E-state index in [0.29, 0.717) is 22.6 Å². The molecule has 1 heterocycles. The molecule has 1 saturated heterocycles. The smallest absolute Gasteiger partial charge is 0.295 e. The van der Waals surface area contributed by atoms with Crippen molar-refractivity contribution in [2.24, 2.45) is 0 Å². The van der Waals surface area contributed by atoms with Crippen molar-refractivity contribution in [3.63, 3.8) is 0 Å². The second-order valence-electron chi connectivity index (χ2n) is 9.19. The number of benzene rings is 2.